The van der Waals surface area contributed by atoms with E-state index in [4.69, 9.17) is 19.3 Å². The number of aromatic hydroxyl groups is 4. The zero-order valence-electron chi connectivity index (χ0n) is 32.0. The average Bonchev–Trinajstić information content (AvgIpc) is 3.15. The Morgan fingerprint density at radius 1 is 0.621 bits per heavy atom. The molecular formula is C44H36O14. The van der Waals surface area contributed by atoms with Gasteiger partial charge < -0.3 is 39.7 Å². The second-order valence-corrected chi connectivity index (χ2v) is 13.6. The molecule has 0 bridgehead atoms. The van der Waals surface area contributed by atoms with E-state index in [0.717, 1.165) is 0 Å². The van der Waals surface area contributed by atoms with Gasteiger partial charge in [0.1, 0.15) is 45.8 Å². The maximum Gasteiger partial charge on any atom is 0.307 e. The van der Waals surface area contributed by atoms with Crippen LogP contribution in [0.15, 0.2) is 54.6 Å². The second kappa shape index (κ2) is 15.2. The fourth-order valence-corrected chi connectivity index (χ4v) is 7.68. The normalized spacial score (nSPS) is 12.3. The van der Waals surface area contributed by atoms with Crippen LogP contribution in [0.3, 0.4) is 0 Å². The molecule has 0 atom stereocenters. The Balaban J connectivity index is 0.000000198. The van der Waals surface area contributed by atoms with Crippen molar-refractivity contribution >= 4 is 34.9 Å². The van der Waals surface area contributed by atoms with Crippen molar-refractivity contribution in [1.29, 1.82) is 0 Å². The predicted octanol–water partition coefficient (Wildman–Crippen LogP) is 6.14. The van der Waals surface area contributed by atoms with Gasteiger partial charge in [-0.2, -0.15) is 0 Å². The number of fused-ring (bicyclic) bond motifs is 4. The molecule has 14 nitrogen and oxygen atoms in total. The molecule has 0 aromatic heterocycles. The van der Waals surface area contributed by atoms with Gasteiger partial charge in [0.05, 0.1) is 55.6 Å². The first-order valence-electron chi connectivity index (χ1n) is 17.6. The fraction of sp³-hybridized carbons (Fsp3) is 0.182. The number of carbonyl (C=O) groups excluding carboxylic acids is 5. The first kappa shape index (κ1) is 40.2. The molecule has 0 amide bonds. The number of aliphatic carboxylic acids is 1. The summed E-state index contributed by atoms with van der Waals surface area (Å²) >= 11 is 0. The van der Waals surface area contributed by atoms with Gasteiger partial charge >= 0.3 is 5.97 Å². The lowest BCUT2D eigenvalue weighted by Gasteiger charge is -2.24. The highest BCUT2D eigenvalue weighted by Gasteiger charge is 2.38. The van der Waals surface area contributed by atoms with Crippen molar-refractivity contribution in [3.8, 4) is 51.4 Å². The van der Waals surface area contributed by atoms with Crippen LogP contribution >= 0.6 is 0 Å². The van der Waals surface area contributed by atoms with Crippen molar-refractivity contribution in [1.82, 2.24) is 0 Å². The molecule has 0 saturated heterocycles. The number of rotatable bonds is 8. The van der Waals surface area contributed by atoms with Crippen molar-refractivity contribution in [3.05, 3.63) is 121 Å². The Kier molecular flexibility index (Phi) is 10.5. The number of Topliss-reactive ketones (excluding diaryl/α,β-unsaturated/α-hetero) is 2. The molecular weight excluding hydrogens is 752 g/mol. The molecule has 0 radical (unpaired) electrons. The fourth-order valence-electron chi connectivity index (χ4n) is 7.68. The number of carboxylic acid groups (broad SMARTS) is 1. The zero-order valence-corrected chi connectivity index (χ0v) is 32.0. The van der Waals surface area contributed by atoms with Crippen LogP contribution in [0.4, 0.5) is 0 Å². The van der Waals surface area contributed by atoms with E-state index in [1.807, 2.05) is 0 Å². The summed E-state index contributed by atoms with van der Waals surface area (Å²) in [6.07, 6.45) is -0.166. The monoisotopic (exact) mass is 788 g/mol. The van der Waals surface area contributed by atoms with Gasteiger partial charge in [-0.1, -0.05) is 18.2 Å². The number of methoxy groups -OCH3 is 3. The minimum atomic E-state index is -1.14. The Morgan fingerprint density at radius 3 is 1.88 bits per heavy atom. The van der Waals surface area contributed by atoms with Crippen LogP contribution in [0.1, 0.15) is 105 Å². The van der Waals surface area contributed by atoms with Gasteiger partial charge in [-0.3, -0.25) is 28.8 Å². The van der Waals surface area contributed by atoms with Crippen molar-refractivity contribution < 1.29 is 68.5 Å². The number of hydrogen-bond donors (Lipinski definition) is 5. The third-order valence-electron chi connectivity index (χ3n) is 10.0. The molecule has 7 rings (SSSR count). The molecule has 0 aliphatic heterocycles. The molecule has 5 N–H and O–H groups in total. The van der Waals surface area contributed by atoms with Crippen LogP contribution < -0.4 is 14.2 Å². The average molecular weight is 789 g/mol. The summed E-state index contributed by atoms with van der Waals surface area (Å²) < 4.78 is 16.0. The van der Waals surface area contributed by atoms with Crippen LogP contribution in [-0.2, 0) is 17.6 Å². The summed E-state index contributed by atoms with van der Waals surface area (Å²) in [6, 6.07) is 13.1. The Bertz CT molecular complexity index is 2670. The second-order valence-electron chi connectivity index (χ2n) is 13.6. The Hall–Kier alpha value is -7.48. The SMILES string of the molecule is COc1c(-c2c(C)cc(O)c3c2C(=O)c2cccc(O)c2C3=O)ccc(O)c1C(C)=O.COc1cc2c(c(OC)c1)C(=O)c1c(cc(CC(=O)O)c(C(C)=O)c1O)C2. The van der Waals surface area contributed by atoms with Gasteiger partial charge in [0, 0.05) is 28.3 Å². The summed E-state index contributed by atoms with van der Waals surface area (Å²) in [6.45, 7) is 4.14. The van der Waals surface area contributed by atoms with Gasteiger partial charge in [0.25, 0.3) is 0 Å². The molecule has 5 aromatic rings. The molecule has 2 aliphatic rings. The van der Waals surface area contributed by atoms with E-state index in [9.17, 15) is 49.2 Å². The highest BCUT2D eigenvalue weighted by molar-refractivity contribution is 6.32. The lowest BCUT2D eigenvalue weighted by molar-refractivity contribution is -0.136. The maximum atomic E-state index is 13.5. The molecule has 0 heterocycles. The summed E-state index contributed by atoms with van der Waals surface area (Å²) in [4.78, 5) is 75.1. The lowest BCUT2D eigenvalue weighted by Crippen LogP contribution is -2.22. The number of hydrogen-bond acceptors (Lipinski definition) is 13. The molecule has 58 heavy (non-hydrogen) atoms. The minimum absolute atomic E-state index is 0.00491. The Labute approximate surface area is 330 Å². The molecule has 0 saturated carbocycles. The Morgan fingerprint density at radius 2 is 1.28 bits per heavy atom. The molecule has 14 heteroatoms. The van der Waals surface area contributed by atoms with Gasteiger partial charge in [0.15, 0.2) is 17.3 Å². The number of phenolic OH excluding ortho intramolecular Hbond substituents is 4. The molecule has 2 aliphatic carbocycles. The third kappa shape index (κ3) is 6.53. The third-order valence-corrected chi connectivity index (χ3v) is 10.0. The maximum absolute atomic E-state index is 13.5. The van der Waals surface area contributed by atoms with E-state index in [0.29, 0.717) is 44.9 Å². The van der Waals surface area contributed by atoms with Crippen LogP contribution in [0.2, 0.25) is 0 Å². The number of ketones is 5. The first-order chi connectivity index (χ1) is 27.5. The lowest BCUT2D eigenvalue weighted by atomic mass is 9.77. The summed E-state index contributed by atoms with van der Waals surface area (Å²) in [5.41, 5.74) is 1.97. The van der Waals surface area contributed by atoms with E-state index in [-0.39, 0.29) is 68.2 Å². The van der Waals surface area contributed by atoms with E-state index in [1.165, 1.54) is 77.6 Å². The van der Waals surface area contributed by atoms with Crippen molar-refractivity contribution in [2.75, 3.05) is 21.3 Å². The highest BCUT2D eigenvalue weighted by Crippen LogP contribution is 2.47. The van der Waals surface area contributed by atoms with Crippen molar-refractivity contribution in [3.63, 3.8) is 0 Å². The number of benzene rings is 5. The largest absolute Gasteiger partial charge is 0.507 e. The predicted molar refractivity (Wildman–Crippen MR) is 207 cm³/mol. The number of carbonyl (C=O) groups is 6. The minimum Gasteiger partial charge on any atom is -0.507 e. The van der Waals surface area contributed by atoms with Gasteiger partial charge in [-0.15, -0.1) is 0 Å². The van der Waals surface area contributed by atoms with Crippen LogP contribution in [0.5, 0.6) is 40.2 Å². The number of phenols is 4. The molecule has 0 unspecified atom stereocenters. The first-order valence-corrected chi connectivity index (χ1v) is 17.6. The molecule has 296 valence electrons. The van der Waals surface area contributed by atoms with Gasteiger partial charge in [0.2, 0.25) is 11.6 Å². The van der Waals surface area contributed by atoms with Gasteiger partial charge in [-0.05, 0) is 79.8 Å². The van der Waals surface area contributed by atoms with Crippen molar-refractivity contribution in [2.24, 2.45) is 0 Å². The molecule has 0 fully saturated rings. The summed E-state index contributed by atoms with van der Waals surface area (Å²) in [5.74, 6) is -4.47. The van der Waals surface area contributed by atoms with E-state index >= 15 is 0 Å². The number of carboxylic acids is 1. The standard InChI is InChI=1S/C24H18O7.C20H18O7/c1-10-9-16(28)20-21(22(29)12-5-4-6-14(26)19(12)23(20)30)17(10)13-7-8-15(27)18(11(2)25)24(13)31-3;1-9(21)16-12(7-15(22)23)5-10-4-11-6-13(26-2)8-14(27-3)17(11)20(25)18(10)19(16)24/h4-9,26-28H,1-3H3;5-6,8,24H,4,7H2,1-3H3,(H,22,23). The summed E-state index contributed by atoms with van der Waals surface area (Å²) in [5, 5.41) is 50.7. The number of ether oxygens (including phenoxy) is 3. The summed E-state index contributed by atoms with van der Waals surface area (Å²) in [7, 11) is 4.25. The van der Waals surface area contributed by atoms with Crippen LogP contribution in [0.25, 0.3) is 11.1 Å². The number of aryl methyl sites for hydroxylation is 1. The molecule has 5 aromatic carbocycles. The topological polar surface area (TPSA) is 231 Å². The van der Waals surface area contributed by atoms with Gasteiger partial charge in [-0.25, -0.2) is 0 Å². The van der Waals surface area contributed by atoms with E-state index in [1.54, 1.807) is 19.1 Å². The van der Waals surface area contributed by atoms with Crippen molar-refractivity contribution in [2.45, 2.75) is 33.6 Å². The van der Waals surface area contributed by atoms with Crippen LogP contribution in [-0.4, -0.2) is 81.7 Å². The van der Waals surface area contributed by atoms with E-state index in [2.05, 4.69) is 0 Å². The smallest absolute Gasteiger partial charge is 0.307 e. The zero-order chi connectivity index (χ0) is 42.5. The quantitative estimate of drug-likeness (QED) is 0.109. The van der Waals surface area contributed by atoms with Crippen LogP contribution in [0, 0.1) is 6.92 Å². The molecule has 0 spiro atoms. The highest BCUT2D eigenvalue weighted by atomic mass is 16.5. The van der Waals surface area contributed by atoms with E-state index < -0.39 is 52.8 Å².